The van der Waals surface area contributed by atoms with E-state index < -0.39 is 0 Å². The van der Waals surface area contributed by atoms with Crippen molar-refractivity contribution in [2.75, 3.05) is 33.3 Å². The average Bonchev–Trinajstić information content (AvgIpc) is 3.35. The molecule has 1 aromatic carbocycles. The van der Waals surface area contributed by atoms with Crippen LogP contribution in [0.15, 0.2) is 54.0 Å². The van der Waals surface area contributed by atoms with Crippen LogP contribution < -0.4 is 5.32 Å². The van der Waals surface area contributed by atoms with E-state index in [0.717, 1.165) is 51.6 Å². The maximum atomic E-state index is 5.91. The standard InChI is InChI=1S/C20H29N5O.HI/c1-21-20(23-9-5-11-24-13-10-22-17-24)25-12-8-19(14-25)16-26-15-18-6-3-2-4-7-18;/h2-4,6-7,10,13,17,19H,5,8-9,11-12,14-16H2,1H3,(H,21,23);1H. The third-order valence-electron chi connectivity index (χ3n) is 4.70. The van der Waals surface area contributed by atoms with Gasteiger partial charge in [-0.15, -0.1) is 24.0 Å². The highest BCUT2D eigenvalue weighted by atomic mass is 127. The van der Waals surface area contributed by atoms with Crippen LogP contribution in [0.5, 0.6) is 0 Å². The number of aromatic nitrogens is 2. The third kappa shape index (κ3) is 7.14. The van der Waals surface area contributed by atoms with Crippen molar-refractivity contribution in [1.82, 2.24) is 19.8 Å². The second-order valence-corrected chi connectivity index (χ2v) is 6.73. The lowest BCUT2D eigenvalue weighted by Crippen LogP contribution is -2.40. The Bertz CT molecular complexity index is 662. The minimum atomic E-state index is 0. The highest BCUT2D eigenvalue weighted by molar-refractivity contribution is 14.0. The summed E-state index contributed by atoms with van der Waals surface area (Å²) in [7, 11) is 1.86. The molecule has 2 aromatic rings. The summed E-state index contributed by atoms with van der Waals surface area (Å²) >= 11 is 0. The highest BCUT2D eigenvalue weighted by Crippen LogP contribution is 2.17. The molecule has 1 aliphatic heterocycles. The average molecular weight is 483 g/mol. The van der Waals surface area contributed by atoms with Crippen molar-refractivity contribution in [1.29, 1.82) is 0 Å². The van der Waals surface area contributed by atoms with Gasteiger partial charge in [-0.05, 0) is 18.4 Å². The zero-order valence-corrected chi connectivity index (χ0v) is 18.3. The van der Waals surface area contributed by atoms with Crippen molar-refractivity contribution >= 4 is 29.9 Å². The summed E-state index contributed by atoms with van der Waals surface area (Å²) in [5, 5.41) is 3.48. The second-order valence-electron chi connectivity index (χ2n) is 6.73. The van der Waals surface area contributed by atoms with Gasteiger partial charge in [0.05, 0.1) is 19.5 Å². The number of halogens is 1. The van der Waals surface area contributed by atoms with E-state index in [1.54, 1.807) is 0 Å². The molecule has 1 aromatic heterocycles. The molecule has 0 saturated carbocycles. The minimum Gasteiger partial charge on any atom is -0.376 e. The number of ether oxygens (including phenoxy) is 1. The van der Waals surface area contributed by atoms with Gasteiger partial charge in [0.1, 0.15) is 0 Å². The number of benzene rings is 1. The molecule has 0 radical (unpaired) electrons. The van der Waals surface area contributed by atoms with Gasteiger partial charge in [-0.25, -0.2) is 4.98 Å². The first kappa shape index (κ1) is 21.7. The third-order valence-corrected chi connectivity index (χ3v) is 4.70. The number of aryl methyl sites for hydroxylation is 1. The van der Waals surface area contributed by atoms with Crippen LogP contribution >= 0.6 is 24.0 Å². The topological polar surface area (TPSA) is 54.7 Å². The molecular weight excluding hydrogens is 453 g/mol. The Morgan fingerprint density at radius 1 is 1.33 bits per heavy atom. The maximum Gasteiger partial charge on any atom is 0.193 e. The van der Waals surface area contributed by atoms with Gasteiger partial charge in [0.15, 0.2) is 5.96 Å². The Hall–Kier alpha value is -1.61. The predicted octanol–water partition coefficient (Wildman–Crippen LogP) is 3.01. The van der Waals surface area contributed by atoms with E-state index >= 15 is 0 Å². The molecule has 0 spiro atoms. The van der Waals surface area contributed by atoms with Crippen molar-refractivity contribution in [2.45, 2.75) is 26.0 Å². The van der Waals surface area contributed by atoms with Crippen LogP contribution in [-0.2, 0) is 17.9 Å². The first-order chi connectivity index (χ1) is 12.8. The first-order valence-corrected chi connectivity index (χ1v) is 9.38. The quantitative estimate of drug-likeness (QED) is 0.272. The number of nitrogens with zero attached hydrogens (tertiary/aromatic N) is 4. The zero-order valence-electron chi connectivity index (χ0n) is 16.0. The second kappa shape index (κ2) is 12.0. The van der Waals surface area contributed by atoms with Crippen LogP contribution in [0.4, 0.5) is 0 Å². The van der Waals surface area contributed by atoms with Gasteiger partial charge in [-0.1, -0.05) is 30.3 Å². The van der Waals surface area contributed by atoms with E-state index in [0.29, 0.717) is 12.5 Å². The van der Waals surface area contributed by atoms with Crippen LogP contribution in [0.3, 0.4) is 0 Å². The zero-order chi connectivity index (χ0) is 18.0. The van der Waals surface area contributed by atoms with E-state index in [4.69, 9.17) is 4.74 Å². The van der Waals surface area contributed by atoms with Crippen molar-refractivity contribution < 1.29 is 4.74 Å². The maximum absolute atomic E-state index is 5.91. The summed E-state index contributed by atoms with van der Waals surface area (Å²) in [5.74, 6) is 1.57. The molecule has 1 atom stereocenters. The van der Waals surface area contributed by atoms with Crippen LogP contribution in [0.2, 0.25) is 0 Å². The number of imidazole rings is 1. The molecule has 0 amide bonds. The van der Waals surface area contributed by atoms with Gasteiger partial charge >= 0.3 is 0 Å². The number of likely N-dealkylation sites (tertiary alicyclic amines) is 1. The van der Waals surface area contributed by atoms with Gasteiger partial charge < -0.3 is 19.5 Å². The SMILES string of the molecule is CN=C(NCCCn1ccnc1)N1CCC(COCc2ccccc2)C1.I. The van der Waals surface area contributed by atoms with Crippen molar-refractivity contribution in [2.24, 2.45) is 10.9 Å². The van der Waals surface area contributed by atoms with Crippen molar-refractivity contribution in [3.05, 3.63) is 54.6 Å². The first-order valence-electron chi connectivity index (χ1n) is 9.38. The number of hydrogen-bond donors (Lipinski definition) is 1. The molecule has 0 aliphatic carbocycles. The molecule has 1 aliphatic rings. The van der Waals surface area contributed by atoms with Gasteiger partial charge in [-0.2, -0.15) is 0 Å². The minimum absolute atomic E-state index is 0. The molecule has 6 nitrogen and oxygen atoms in total. The van der Waals surface area contributed by atoms with E-state index in [-0.39, 0.29) is 24.0 Å². The van der Waals surface area contributed by atoms with Crippen molar-refractivity contribution in [3.8, 4) is 0 Å². The lowest BCUT2D eigenvalue weighted by molar-refractivity contribution is 0.0907. The summed E-state index contributed by atoms with van der Waals surface area (Å²) in [6.07, 6.45) is 7.87. The molecule has 148 valence electrons. The van der Waals surface area contributed by atoms with E-state index in [1.165, 1.54) is 5.56 Å². The highest BCUT2D eigenvalue weighted by Gasteiger charge is 2.24. The number of nitrogens with one attached hydrogen (secondary N) is 1. The Kier molecular flexibility index (Phi) is 9.61. The summed E-state index contributed by atoms with van der Waals surface area (Å²) in [4.78, 5) is 10.8. The normalized spacial score (nSPS) is 17.0. The summed E-state index contributed by atoms with van der Waals surface area (Å²) in [6, 6.07) is 10.4. The molecular formula is C20H30IN5O. The van der Waals surface area contributed by atoms with E-state index in [2.05, 4.69) is 49.0 Å². The molecule has 1 fully saturated rings. The van der Waals surface area contributed by atoms with E-state index in [9.17, 15) is 0 Å². The Morgan fingerprint density at radius 2 is 2.19 bits per heavy atom. The monoisotopic (exact) mass is 483 g/mol. The fraction of sp³-hybridized carbons (Fsp3) is 0.500. The van der Waals surface area contributed by atoms with Crippen LogP contribution in [-0.4, -0.2) is 53.7 Å². The molecule has 1 unspecified atom stereocenters. The fourth-order valence-corrected chi connectivity index (χ4v) is 3.29. The predicted molar refractivity (Wildman–Crippen MR) is 119 cm³/mol. The molecule has 7 heteroatoms. The smallest absolute Gasteiger partial charge is 0.193 e. The van der Waals surface area contributed by atoms with E-state index in [1.807, 2.05) is 31.8 Å². The van der Waals surface area contributed by atoms with Gasteiger partial charge in [0, 0.05) is 51.5 Å². The molecule has 2 heterocycles. The Morgan fingerprint density at radius 3 is 2.93 bits per heavy atom. The largest absolute Gasteiger partial charge is 0.376 e. The Labute approximate surface area is 179 Å². The molecule has 3 rings (SSSR count). The van der Waals surface area contributed by atoms with Crippen LogP contribution in [0, 0.1) is 5.92 Å². The summed E-state index contributed by atoms with van der Waals surface area (Å²) in [6.45, 7) is 5.44. The lowest BCUT2D eigenvalue weighted by atomic mass is 10.1. The lowest BCUT2D eigenvalue weighted by Gasteiger charge is -2.21. The van der Waals surface area contributed by atoms with Crippen LogP contribution in [0.25, 0.3) is 0 Å². The molecule has 1 saturated heterocycles. The summed E-state index contributed by atoms with van der Waals surface area (Å²) in [5.41, 5.74) is 1.23. The van der Waals surface area contributed by atoms with Gasteiger partial charge in [0.2, 0.25) is 0 Å². The Balaban J connectivity index is 0.00000261. The molecule has 1 N–H and O–H groups in total. The number of hydrogen-bond acceptors (Lipinski definition) is 3. The number of aliphatic imine (C=N–C) groups is 1. The van der Waals surface area contributed by atoms with Gasteiger partial charge in [-0.3, -0.25) is 4.99 Å². The number of guanidine groups is 1. The fourth-order valence-electron chi connectivity index (χ4n) is 3.29. The summed E-state index contributed by atoms with van der Waals surface area (Å²) < 4.78 is 8.01. The molecule has 27 heavy (non-hydrogen) atoms. The van der Waals surface area contributed by atoms with Gasteiger partial charge in [0.25, 0.3) is 0 Å². The van der Waals surface area contributed by atoms with Crippen molar-refractivity contribution in [3.63, 3.8) is 0 Å². The molecule has 0 bridgehead atoms. The number of rotatable bonds is 8. The van der Waals surface area contributed by atoms with Crippen LogP contribution in [0.1, 0.15) is 18.4 Å².